The normalized spacial score (nSPS) is 15.7. The van der Waals surface area contributed by atoms with Crippen LogP contribution in [0.5, 0.6) is 0 Å². The summed E-state index contributed by atoms with van der Waals surface area (Å²) in [4.78, 5) is 14.2. The van der Waals surface area contributed by atoms with E-state index in [1.807, 2.05) is 0 Å². The van der Waals surface area contributed by atoms with Gasteiger partial charge in [-0.05, 0) is 6.42 Å². The van der Waals surface area contributed by atoms with E-state index >= 15 is 0 Å². The van der Waals surface area contributed by atoms with Gasteiger partial charge in [0.05, 0.1) is 12.3 Å². The maximum atomic E-state index is 11.7. The molecule has 1 aromatic heterocycles. The number of rotatable bonds is 2. The molecule has 0 atom stereocenters. The summed E-state index contributed by atoms with van der Waals surface area (Å²) < 4.78 is 5.39. The van der Waals surface area contributed by atoms with Gasteiger partial charge in [0.15, 0.2) is 0 Å². The van der Waals surface area contributed by atoms with E-state index in [1.54, 1.807) is 7.05 Å². The largest absolute Gasteiger partial charge is 0.396 e. The molecule has 6 nitrogen and oxygen atoms in total. The Hall–Kier alpha value is -1.78. The van der Waals surface area contributed by atoms with Crippen LogP contribution in [0.2, 0.25) is 0 Å². The van der Waals surface area contributed by atoms with Crippen LogP contribution in [0, 0.1) is 11.3 Å². The maximum absolute atomic E-state index is 11.7. The number of thiophene rings is 1. The predicted molar refractivity (Wildman–Crippen MR) is 74.5 cm³/mol. The van der Waals surface area contributed by atoms with Crippen molar-refractivity contribution < 1.29 is 9.53 Å². The van der Waals surface area contributed by atoms with Gasteiger partial charge in [0.25, 0.3) is 5.91 Å². The summed E-state index contributed by atoms with van der Waals surface area (Å²) in [5.74, 6) is -0.253. The minimum Gasteiger partial charge on any atom is -0.396 e. The maximum Gasteiger partial charge on any atom is 0.263 e. The molecule has 7 heteroatoms. The molecule has 2 heterocycles. The zero-order valence-corrected chi connectivity index (χ0v) is 11.5. The third-order valence-corrected chi connectivity index (χ3v) is 4.25. The molecule has 19 heavy (non-hydrogen) atoms. The van der Waals surface area contributed by atoms with Gasteiger partial charge < -0.3 is 20.7 Å². The Morgan fingerprint density at radius 2 is 2.32 bits per heavy atom. The summed E-state index contributed by atoms with van der Waals surface area (Å²) in [7, 11) is 1.55. The number of anilines is 2. The van der Waals surface area contributed by atoms with Crippen molar-refractivity contribution in [2.24, 2.45) is 0 Å². The topological polar surface area (TPSA) is 91.4 Å². The number of carbonyl (C=O) groups excluding carboxylic acids is 1. The van der Waals surface area contributed by atoms with Crippen molar-refractivity contribution in [2.45, 2.75) is 6.42 Å². The predicted octanol–water partition coefficient (Wildman–Crippen LogP) is 0.788. The lowest BCUT2D eigenvalue weighted by molar-refractivity contribution is 0.0968. The third-order valence-electron chi connectivity index (χ3n) is 2.98. The van der Waals surface area contributed by atoms with E-state index in [-0.39, 0.29) is 11.6 Å². The van der Waals surface area contributed by atoms with Crippen LogP contribution in [0.1, 0.15) is 21.7 Å². The second-order valence-corrected chi connectivity index (χ2v) is 5.17. The molecule has 0 unspecified atom stereocenters. The van der Waals surface area contributed by atoms with Crippen molar-refractivity contribution in [3.63, 3.8) is 0 Å². The first-order chi connectivity index (χ1) is 9.19. The van der Waals surface area contributed by atoms with Gasteiger partial charge in [-0.2, -0.15) is 5.26 Å². The number of hydrogen-bond acceptors (Lipinski definition) is 6. The summed E-state index contributed by atoms with van der Waals surface area (Å²) in [6.07, 6.45) is 0.901. The summed E-state index contributed by atoms with van der Waals surface area (Å²) in [5.41, 5.74) is 6.57. The summed E-state index contributed by atoms with van der Waals surface area (Å²) >= 11 is 1.27. The number of nitriles is 1. The van der Waals surface area contributed by atoms with Crippen LogP contribution in [0.3, 0.4) is 0 Å². The zero-order valence-electron chi connectivity index (χ0n) is 10.7. The standard InChI is InChI=1S/C12H16N4O2S/c1-15-11(17)10-9(14)8(7-13)12(19-10)16-3-2-5-18-6-4-16/h2-6,14H2,1H3,(H,15,17). The van der Waals surface area contributed by atoms with Gasteiger partial charge in [0.1, 0.15) is 21.5 Å². The molecule has 1 fully saturated rings. The SMILES string of the molecule is CNC(=O)c1sc(N2CCCOCC2)c(C#N)c1N. The van der Waals surface area contributed by atoms with E-state index in [0.29, 0.717) is 23.6 Å². The van der Waals surface area contributed by atoms with E-state index in [2.05, 4.69) is 16.3 Å². The number of nitrogens with one attached hydrogen (secondary N) is 1. The molecule has 0 bridgehead atoms. The number of nitrogens with two attached hydrogens (primary N) is 1. The Balaban J connectivity index is 2.39. The highest BCUT2D eigenvalue weighted by Crippen LogP contribution is 2.38. The highest BCUT2D eigenvalue weighted by atomic mass is 32.1. The van der Waals surface area contributed by atoms with Gasteiger partial charge in [-0.25, -0.2) is 0 Å². The quantitative estimate of drug-likeness (QED) is 0.835. The molecule has 0 saturated carbocycles. The second-order valence-electron chi connectivity index (χ2n) is 4.17. The van der Waals surface area contributed by atoms with Gasteiger partial charge in [-0.3, -0.25) is 4.79 Å². The first kappa shape index (κ1) is 13.6. The lowest BCUT2D eigenvalue weighted by atomic mass is 10.2. The van der Waals surface area contributed by atoms with Crippen LogP contribution in [-0.2, 0) is 4.74 Å². The number of nitrogens with zero attached hydrogens (tertiary/aromatic N) is 2. The van der Waals surface area contributed by atoms with Gasteiger partial charge >= 0.3 is 0 Å². The Labute approximate surface area is 115 Å². The molecule has 1 saturated heterocycles. The van der Waals surface area contributed by atoms with Crippen LogP contribution in [0.25, 0.3) is 0 Å². The molecule has 0 spiro atoms. The smallest absolute Gasteiger partial charge is 0.263 e. The molecule has 0 radical (unpaired) electrons. The Morgan fingerprint density at radius 3 is 3.00 bits per heavy atom. The van der Waals surface area contributed by atoms with Crippen LogP contribution in [0.4, 0.5) is 10.7 Å². The molecule has 102 valence electrons. The highest BCUT2D eigenvalue weighted by molar-refractivity contribution is 7.19. The number of hydrogen-bond donors (Lipinski definition) is 2. The van der Waals surface area contributed by atoms with Crippen molar-refractivity contribution in [1.29, 1.82) is 5.26 Å². The summed E-state index contributed by atoms with van der Waals surface area (Å²) in [6, 6.07) is 2.10. The van der Waals surface area contributed by atoms with E-state index in [1.165, 1.54) is 11.3 Å². The average molecular weight is 280 g/mol. The van der Waals surface area contributed by atoms with E-state index in [9.17, 15) is 10.1 Å². The fraction of sp³-hybridized carbons (Fsp3) is 0.500. The Kier molecular flexibility index (Phi) is 4.24. The third kappa shape index (κ3) is 2.64. The van der Waals surface area contributed by atoms with Gasteiger partial charge in [-0.1, -0.05) is 0 Å². The fourth-order valence-corrected chi connectivity index (χ4v) is 3.16. The number of carbonyl (C=O) groups is 1. The van der Waals surface area contributed by atoms with Gasteiger partial charge in [0.2, 0.25) is 0 Å². The number of nitrogen functional groups attached to an aromatic ring is 1. The van der Waals surface area contributed by atoms with Crippen LogP contribution >= 0.6 is 11.3 Å². The molecule has 1 aliphatic rings. The lowest BCUT2D eigenvalue weighted by Gasteiger charge is -2.20. The molecule has 2 rings (SSSR count). The molecule has 0 aliphatic carbocycles. The Bertz CT molecular complexity index is 513. The van der Waals surface area contributed by atoms with Crippen molar-refractivity contribution in [1.82, 2.24) is 5.32 Å². The minimum absolute atomic E-state index is 0.253. The van der Waals surface area contributed by atoms with Crippen molar-refractivity contribution >= 4 is 27.9 Å². The molecule has 3 N–H and O–H groups in total. The van der Waals surface area contributed by atoms with E-state index < -0.39 is 0 Å². The molecule has 1 aromatic rings. The number of ether oxygens (including phenoxy) is 1. The first-order valence-corrected chi connectivity index (χ1v) is 6.87. The summed E-state index contributed by atoms with van der Waals surface area (Å²) in [6.45, 7) is 2.86. The van der Waals surface area contributed by atoms with Crippen molar-refractivity contribution in [2.75, 3.05) is 44.0 Å². The van der Waals surface area contributed by atoms with E-state index in [4.69, 9.17) is 10.5 Å². The molecular formula is C12H16N4O2S. The van der Waals surface area contributed by atoms with Crippen LogP contribution in [-0.4, -0.2) is 39.3 Å². The van der Waals surface area contributed by atoms with Gasteiger partial charge in [0, 0.05) is 26.7 Å². The monoisotopic (exact) mass is 280 g/mol. The second kappa shape index (κ2) is 5.91. The minimum atomic E-state index is -0.253. The highest BCUT2D eigenvalue weighted by Gasteiger charge is 2.24. The molecule has 1 amide bonds. The summed E-state index contributed by atoms with van der Waals surface area (Å²) in [5, 5.41) is 12.6. The fourth-order valence-electron chi connectivity index (χ4n) is 1.99. The zero-order chi connectivity index (χ0) is 13.8. The molecule has 1 aliphatic heterocycles. The Morgan fingerprint density at radius 1 is 1.53 bits per heavy atom. The lowest BCUT2D eigenvalue weighted by Crippen LogP contribution is -2.25. The van der Waals surface area contributed by atoms with Crippen LogP contribution < -0.4 is 16.0 Å². The molecular weight excluding hydrogens is 264 g/mol. The van der Waals surface area contributed by atoms with E-state index in [0.717, 1.165) is 24.6 Å². The van der Waals surface area contributed by atoms with Gasteiger partial charge in [-0.15, -0.1) is 11.3 Å². The van der Waals surface area contributed by atoms with Crippen molar-refractivity contribution in [3.05, 3.63) is 10.4 Å². The van der Waals surface area contributed by atoms with Crippen molar-refractivity contribution in [3.8, 4) is 6.07 Å². The number of amides is 1. The first-order valence-electron chi connectivity index (χ1n) is 6.06. The average Bonchev–Trinajstić information content (AvgIpc) is 2.61. The molecule has 0 aromatic carbocycles. The van der Waals surface area contributed by atoms with Crippen LogP contribution in [0.15, 0.2) is 0 Å².